The zero-order chi connectivity index (χ0) is 12.0. The van der Waals surface area contributed by atoms with Crippen LogP contribution in [-0.2, 0) is 14.3 Å². The number of hydrogen-bond acceptors (Lipinski definition) is 4. The highest BCUT2D eigenvalue weighted by Crippen LogP contribution is 2.11. The first-order valence-electron chi connectivity index (χ1n) is 5.87. The smallest absolute Gasteiger partial charge is 0.248 e. The molecule has 0 aromatic rings. The number of carbonyl (C=O) groups excluding carboxylic acids is 1. The fourth-order valence-corrected chi connectivity index (χ4v) is 1.69. The van der Waals surface area contributed by atoms with Gasteiger partial charge in [-0.3, -0.25) is 4.79 Å². The molecule has 16 heavy (non-hydrogen) atoms. The minimum absolute atomic E-state index is 0.0303. The van der Waals surface area contributed by atoms with Gasteiger partial charge in [0.15, 0.2) is 0 Å². The lowest BCUT2D eigenvalue weighted by Crippen LogP contribution is -2.53. The van der Waals surface area contributed by atoms with E-state index in [2.05, 4.69) is 0 Å². The summed E-state index contributed by atoms with van der Waals surface area (Å²) in [5.74, 6) is 0.0303. The summed E-state index contributed by atoms with van der Waals surface area (Å²) >= 11 is 0. The van der Waals surface area contributed by atoms with Crippen LogP contribution in [-0.4, -0.2) is 55.9 Å². The highest BCUT2D eigenvalue weighted by Gasteiger charge is 2.28. The lowest BCUT2D eigenvalue weighted by molar-refractivity contribution is -0.148. The van der Waals surface area contributed by atoms with E-state index in [9.17, 15) is 4.79 Å². The Morgan fingerprint density at radius 3 is 3.00 bits per heavy atom. The lowest BCUT2D eigenvalue weighted by Gasteiger charge is -2.37. The number of carbonyl (C=O) groups is 1. The number of rotatable bonds is 5. The van der Waals surface area contributed by atoms with Crippen LogP contribution < -0.4 is 5.73 Å². The molecule has 2 unspecified atom stereocenters. The Bertz CT molecular complexity index is 223. The minimum atomic E-state index is -0.0358. The van der Waals surface area contributed by atoms with Gasteiger partial charge in [0.2, 0.25) is 5.91 Å². The third-order valence-corrected chi connectivity index (χ3v) is 2.66. The van der Waals surface area contributed by atoms with Gasteiger partial charge in [-0.2, -0.15) is 0 Å². The quantitative estimate of drug-likeness (QED) is 0.675. The van der Waals surface area contributed by atoms with E-state index in [0.717, 1.165) is 6.42 Å². The van der Waals surface area contributed by atoms with Crippen molar-refractivity contribution in [3.63, 3.8) is 0 Å². The Hall–Kier alpha value is -0.650. The molecule has 1 saturated heterocycles. The second-order valence-electron chi connectivity index (χ2n) is 4.14. The van der Waals surface area contributed by atoms with Crippen molar-refractivity contribution < 1.29 is 14.3 Å². The Labute approximate surface area is 96.9 Å². The second-order valence-corrected chi connectivity index (χ2v) is 4.14. The van der Waals surface area contributed by atoms with E-state index in [0.29, 0.717) is 26.3 Å². The summed E-state index contributed by atoms with van der Waals surface area (Å²) in [4.78, 5) is 13.7. The number of amides is 1. The zero-order valence-electron chi connectivity index (χ0n) is 10.1. The van der Waals surface area contributed by atoms with Crippen molar-refractivity contribution >= 4 is 5.91 Å². The van der Waals surface area contributed by atoms with E-state index in [1.54, 1.807) is 4.90 Å². The van der Waals surface area contributed by atoms with Gasteiger partial charge in [-0.25, -0.2) is 0 Å². The summed E-state index contributed by atoms with van der Waals surface area (Å²) in [7, 11) is 0. The van der Waals surface area contributed by atoms with Gasteiger partial charge in [0.05, 0.1) is 18.8 Å². The Balaban J connectivity index is 2.39. The van der Waals surface area contributed by atoms with Crippen molar-refractivity contribution in [2.45, 2.75) is 32.4 Å². The maximum atomic E-state index is 11.8. The molecule has 0 aliphatic carbocycles. The fourth-order valence-electron chi connectivity index (χ4n) is 1.69. The molecule has 2 N–H and O–H groups in total. The van der Waals surface area contributed by atoms with E-state index in [1.165, 1.54) is 0 Å². The molecule has 1 rings (SSSR count). The first kappa shape index (κ1) is 13.4. The summed E-state index contributed by atoms with van der Waals surface area (Å²) in [6.45, 7) is 6.37. The van der Waals surface area contributed by atoms with Crippen LogP contribution in [0.15, 0.2) is 0 Å². The molecule has 0 aromatic heterocycles. The van der Waals surface area contributed by atoms with Crippen LogP contribution in [0.3, 0.4) is 0 Å². The molecule has 2 atom stereocenters. The number of nitrogens with zero attached hydrogens (tertiary/aromatic N) is 1. The monoisotopic (exact) mass is 230 g/mol. The van der Waals surface area contributed by atoms with Crippen molar-refractivity contribution in [2.24, 2.45) is 5.73 Å². The van der Waals surface area contributed by atoms with Crippen LogP contribution in [0, 0.1) is 0 Å². The van der Waals surface area contributed by atoms with Crippen LogP contribution in [0.25, 0.3) is 0 Å². The number of nitrogens with two attached hydrogens (primary N) is 1. The van der Waals surface area contributed by atoms with E-state index in [4.69, 9.17) is 15.2 Å². The van der Waals surface area contributed by atoms with E-state index < -0.39 is 0 Å². The largest absolute Gasteiger partial charge is 0.373 e. The van der Waals surface area contributed by atoms with Gasteiger partial charge in [-0.1, -0.05) is 6.92 Å². The summed E-state index contributed by atoms with van der Waals surface area (Å²) < 4.78 is 10.7. The predicted octanol–water partition coefficient (Wildman–Crippen LogP) is -0.0124. The molecule has 1 heterocycles. The Kier molecular flexibility index (Phi) is 5.73. The Morgan fingerprint density at radius 1 is 1.62 bits per heavy atom. The summed E-state index contributed by atoms with van der Waals surface area (Å²) in [6.07, 6.45) is 0.892. The minimum Gasteiger partial charge on any atom is -0.373 e. The van der Waals surface area contributed by atoms with Gasteiger partial charge in [-0.15, -0.1) is 0 Å². The van der Waals surface area contributed by atoms with Gasteiger partial charge in [-0.05, 0) is 13.3 Å². The van der Waals surface area contributed by atoms with Crippen molar-refractivity contribution in [2.75, 3.05) is 32.9 Å². The molecule has 5 nitrogen and oxygen atoms in total. The first-order valence-corrected chi connectivity index (χ1v) is 5.87. The highest BCUT2D eigenvalue weighted by atomic mass is 16.5. The molecule has 1 aliphatic heterocycles. The van der Waals surface area contributed by atoms with Crippen LogP contribution in [0.5, 0.6) is 0 Å². The maximum absolute atomic E-state index is 11.8. The fraction of sp³-hybridized carbons (Fsp3) is 0.909. The first-order chi connectivity index (χ1) is 7.69. The summed E-state index contributed by atoms with van der Waals surface area (Å²) in [6, 6.07) is 0.112. The molecule has 1 aliphatic rings. The zero-order valence-corrected chi connectivity index (χ0v) is 10.1. The van der Waals surface area contributed by atoms with Crippen LogP contribution >= 0.6 is 0 Å². The van der Waals surface area contributed by atoms with Gasteiger partial charge < -0.3 is 20.1 Å². The molecule has 0 radical (unpaired) electrons. The molecule has 0 bridgehead atoms. The summed E-state index contributed by atoms with van der Waals surface area (Å²) in [5, 5.41) is 0. The molecular formula is C11H22N2O3. The van der Waals surface area contributed by atoms with Crippen LogP contribution in [0.2, 0.25) is 0 Å². The van der Waals surface area contributed by atoms with Crippen molar-refractivity contribution in [3.8, 4) is 0 Å². The van der Waals surface area contributed by atoms with E-state index >= 15 is 0 Å². The van der Waals surface area contributed by atoms with Crippen LogP contribution in [0.1, 0.15) is 20.3 Å². The maximum Gasteiger partial charge on any atom is 0.248 e. The van der Waals surface area contributed by atoms with Crippen molar-refractivity contribution in [1.82, 2.24) is 4.90 Å². The third kappa shape index (κ3) is 3.73. The topological polar surface area (TPSA) is 64.8 Å². The number of morpholine rings is 1. The highest BCUT2D eigenvalue weighted by molar-refractivity contribution is 5.77. The van der Waals surface area contributed by atoms with Crippen LogP contribution in [0.4, 0.5) is 0 Å². The van der Waals surface area contributed by atoms with Gasteiger partial charge in [0.25, 0.3) is 0 Å². The van der Waals surface area contributed by atoms with Crippen molar-refractivity contribution in [1.29, 1.82) is 0 Å². The summed E-state index contributed by atoms with van der Waals surface area (Å²) in [5.41, 5.74) is 5.54. The van der Waals surface area contributed by atoms with Gasteiger partial charge in [0.1, 0.15) is 6.61 Å². The number of ether oxygens (including phenoxy) is 2. The average molecular weight is 230 g/mol. The SMILES string of the molecule is CCCOCC(=O)N1CC(CN)OCC1C. The standard InChI is InChI=1S/C11H22N2O3/c1-3-4-15-8-11(14)13-6-10(5-12)16-7-9(13)2/h9-10H,3-8,12H2,1-2H3. The second kappa shape index (κ2) is 6.83. The molecule has 0 saturated carbocycles. The molecule has 0 spiro atoms. The number of hydrogen-bond donors (Lipinski definition) is 1. The molecule has 5 heteroatoms. The average Bonchev–Trinajstić information content (AvgIpc) is 2.30. The molecular weight excluding hydrogens is 208 g/mol. The van der Waals surface area contributed by atoms with Gasteiger partial charge >= 0.3 is 0 Å². The molecule has 1 amide bonds. The third-order valence-electron chi connectivity index (χ3n) is 2.66. The predicted molar refractivity (Wildman–Crippen MR) is 61.1 cm³/mol. The normalized spacial score (nSPS) is 25.8. The molecule has 0 aromatic carbocycles. The van der Waals surface area contributed by atoms with Crippen molar-refractivity contribution in [3.05, 3.63) is 0 Å². The Morgan fingerprint density at radius 2 is 2.38 bits per heavy atom. The van der Waals surface area contributed by atoms with E-state index in [-0.39, 0.29) is 24.7 Å². The lowest BCUT2D eigenvalue weighted by atomic mass is 10.2. The van der Waals surface area contributed by atoms with E-state index in [1.807, 2.05) is 13.8 Å². The molecule has 94 valence electrons. The molecule has 1 fully saturated rings. The van der Waals surface area contributed by atoms with Gasteiger partial charge in [0, 0.05) is 19.7 Å².